The van der Waals surface area contributed by atoms with E-state index in [0.717, 1.165) is 5.56 Å². The van der Waals surface area contributed by atoms with E-state index in [9.17, 15) is 9.59 Å². The molecule has 1 aromatic heterocycles. The summed E-state index contributed by atoms with van der Waals surface area (Å²) < 4.78 is 0. The van der Waals surface area contributed by atoms with Crippen molar-refractivity contribution >= 4 is 34.0 Å². The number of halogens is 1. The van der Waals surface area contributed by atoms with E-state index in [4.69, 9.17) is 11.6 Å². The predicted molar refractivity (Wildman–Crippen MR) is 93.5 cm³/mol. The molecule has 0 saturated carbocycles. The van der Waals surface area contributed by atoms with Gasteiger partial charge in [-0.05, 0) is 30.7 Å². The molecule has 0 aliphatic heterocycles. The molecule has 6 nitrogen and oxygen atoms in total. The summed E-state index contributed by atoms with van der Waals surface area (Å²) in [4.78, 5) is 24.1. The molecule has 0 atom stereocenters. The third-order valence-electron chi connectivity index (χ3n) is 3.48. The maximum absolute atomic E-state index is 12.3. The number of benzene rings is 2. The first-order valence-electron chi connectivity index (χ1n) is 7.14. The summed E-state index contributed by atoms with van der Waals surface area (Å²) in [6.45, 7) is 1.75. The first-order valence-corrected chi connectivity index (χ1v) is 7.52. The van der Waals surface area contributed by atoms with Crippen molar-refractivity contribution in [3.63, 3.8) is 0 Å². The number of aromatic nitrogens is 2. The van der Waals surface area contributed by atoms with Gasteiger partial charge in [0.05, 0.1) is 11.1 Å². The first-order chi connectivity index (χ1) is 11.6. The van der Waals surface area contributed by atoms with Crippen LogP contribution in [0.2, 0.25) is 5.02 Å². The minimum atomic E-state index is -0.510. The number of rotatable bonds is 3. The number of hydrazone groups is 1. The Morgan fingerprint density at radius 2 is 1.92 bits per heavy atom. The molecule has 0 saturated heterocycles. The van der Waals surface area contributed by atoms with Crippen LogP contribution in [0.4, 0.5) is 0 Å². The van der Waals surface area contributed by atoms with Crippen LogP contribution < -0.4 is 11.0 Å². The standard InChI is InChI=1S/C17H13ClN4O2/c1-10(11-5-4-6-12(18)9-11)19-22-17(24)15-13-7-2-3-8-14(13)16(23)21-20-15/h2-9H,1H3,(H,21,23)(H,22,24)/b19-10-. The maximum Gasteiger partial charge on any atom is 0.292 e. The molecule has 0 bridgehead atoms. The van der Waals surface area contributed by atoms with E-state index in [2.05, 4.69) is 20.7 Å². The smallest absolute Gasteiger partial charge is 0.267 e. The number of hydrogen-bond donors (Lipinski definition) is 2. The quantitative estimate of drug-likeness (QED) is 0.567. The molecule has 0 unspecified atom stereocenters. The Hall–Kier alpha value is -2.99. The second-order valence-corrected chi connectivity index (χ2v) is 5.53. The predicted octanol–water partition coefficient (Wildman–Crippen LogP) is 2.73. The van der Waals surface area contributed by atoms with Crippen LogP contribution >= 0.6 is 11.6 Å². The van der Waals surface area contributed by atoms with E-state index in [1.54, 1.807) is 49.4 Å². The lowest BCUT2D eigenvalue weighted by molar-refractivity contribution is 0.0950. The summed E-state index contributed by atoms with van der Waals surface area (Å²) in [6, 6.07) is 13.9. The molecule has 1 amide bonds. The molecule has 2 aromatic carbocycles. The summed E-state index contributed by atoms with van der Waals surface area (Å²) >= 11 is 5.94. The SMILES string of the molecule is C/C(=N/NC(=O)c1n[nH]c(=O)c2ccccc12)c1cccc(Cl)c1. The van der Waals surface area contributed by atoms with Gasteiger partial charge in [0.15, 0.2) is 5.69 Å². The van der Waals surface area contributed by atoms with Crippen molar-refractivity contribution in [2.75, 3.05) is 0 Å². The molecule has 0 aliphatic rings. The number of nitrogens with zero attached hydrogens (tertiary/aromatic N) is 2. The summed E-state index contributed by atoms with van der Waals surface area (Å²) in [5, 5.41) is 11.7. The molecule has 1 heterocycles. The minimum Gasteiger partial charge on any atom is -0.267 e. The van der Waals surface area contributed by atoms with E-state index >= 15 is 0 Å². The number of nitrogens with one attached hydrogen (secondary N) is 2. The average molecular weight is 341 g/mol. The van der Waals surface area contributed by atoms with Crippen LogP contribution in [-0.2, 0) is 0 Å². The van der Waals surface area contributed by atoms with Crippen molar-refractivity contribution < 1.29 is 4.79 Å². The van der Waals surface area contributed by atoms with Gasteiger partial charge >= 0.3 is 0 Å². The van der Waals surface area contributed by atoms with Gasteiger partial charge in [-0.25, -0.2) is 10.5 Å². The molecule has 2 N–H and O–H groups in total. The largest absolute Gasteiger partial charge is 0.292 e. The van der Waals surface area contributed by atoms with Gasteiger partial charge in [-0.2, -0.15) is 10.2 Å². The Balaban J connectivity index is 1.90. The van der Waals surface area contributed by atoms with Crippen molar-refractivity contribution in [2.45, 2.75) is 6.92 Å². The number of amides is 1. The van der Waals surface area contributed by atoms with E-state index < -0.39 is 5.91 Å². The molecule has 3 rings (SSSR count). The highest BCUT2D eigenvalue weighted by atomic mass is 35.5. The maximum atomic E-state index is 12.3. The van der Waals surface area contributed by atoms with Gasteiger partial charge < -0.3 is 0 Å². The van der Waals surface area contributed by atoms with E-state index in [1.165, 1.54) is 0 Å². The lowest BCUT2D eigenvalue weighted by Gasteiger charge is -2.05. The second-order valence-electron chi connectivity index (χ2n) is 5.10. The Kier molecular flexibility index (Phi) is 4.39. The van der Waals surface area contributed by atoms with Crippen LogP contribution in [0.1, 0.15) is 23.0 Å². The molecular weight excluding hydrogens is 328 g/mol. The van der Waals surface area contributed by atoms with Crippen LogP contribution in [-0.4, -0.2) is 21.8 Å². The van der Waals surface area contributed by atoms with E-state index in [-0.39, 0.29) is 11.3 Å². The van der Waals surface area contributed by atoms with Gasteiger partial charge in [-0.15, -0.1) is 0 Å². The number of H-pyrrole nitrogens is 1. The number of carbonyl (C=O) groups is 1. The van der Waals surface area contributed by atoms with Crippen molar-refractivity contribution in [3.8, 4) is 0 Å². The summed E-state index contributed by atoms with van der Waals surface area (Å²) in [7, 11) is 0. The number of fused-ring (bicyclic) bond motifs is 1. The molecular formula is C17H13ClN4O2. The van der Waals surface area contributed by atoms with Gasteiger partial charge in [0.1, 0.15) is 0 Å². The Morgan fingerprint density at radius 3 is 2.67 bits per heavy atom. The van der Waals surface area contributed by atoms with Gasteiger partial charge in [-0.1, -0.05) is 41.9 Å². The summed E-state index contributed by atoms with van der Waals surface area (Å²) in [5.41, 5.74) is 3.60. The molecule has 3 aromatic rings. The summed E-state index contributed by atoms with van der Waals surface area (Å²) in [6.07, 6.45) is 0. The highest BCUT2D eigenvalue weighted by molar-refractivity contribution is 6.31. The Morgan fingerprint density at radius 1 is 1.17 bits per heavy atom. The average Bonchev–Trinajstić information content (AvgIpc) is 2.60. The van der Waals surface area contributed by atoms with Crippen LogP contribution in [0, 0.1) is 0 Å². The second kappa shape index (κ2) is 6.64. The zero-order chi connectivity index (χ0) is 17.1. The zero-order valence-electron chi connectivity index (χ0n) is 12.7. The Labute approximate surface area is 142 Å². The third-order valence-corrected chi connectivity index (χ3v) is 3.71. The van der Waals surface area contributed by atoms with Crippen molar-refractivity contribution in [3.05, 3.63) is 75.2 Å². The molecule has 0 aliphatic carbocycles. The van der Waals surface area contributed by atoms with Crippen molar-refractivity contribution in [2.24, 2.45) is 5.10 Å². The Bertz CT molecular complexity index is 1010. The highest BCUT2D eigenvalue weighted by Crippen LogP contribution is 2.13. The lowest BCUT2D eigenvalue weighted by atomic mass is 10.1. The van der Waals surface area contributed by atoms with E-state index in [0.29, 0.717) is 21.5 Å². The van der Waals surface area contributed by atoms with Gasteiger partial charge in [0, 0.05) is 10.4 Å². The minimum absolute atomic E-state index is 0.104. The first kappa shape index (κ1) is 15.9. The fourth-order valence-corrected chi connectivity index (χ4v) is 2.44. The zero-order valence-corrected chi connectivity index (χ0v) is 13.5. The topological polar surface area (TPSA) is 87.2 Å². The highest BCUT2D eigenvalue weighted by Gasteiger charge is 2.13. The molecule has 7 heteroatoms. The van der Waals surface area contributed by atoms with Crippen LogP contribution in [0.25, 0.3) is 10.8 Å². The number of carbonyl (C=O) groups excluding carboxylic acids is 1. The van der Waals surface area contributed by atoms with Crippen LogP contribution in [0.5, 0.6) is 0 Å². The number of hydrogen-bond acceptors (Lipinski definition) is 4. The number of aromatic amines is 1. The molecule has 0 spiro atoms. The molecule has 0 radical (unpaired) electrons. The van der Waals surface area contributed by atoms with Gasteiger partial charge in [0.2, 0.25) is 0 Å². The molecule has 0 fully saturated rings. The monoisotopic (exact) mass is 340 g/mol. The lowest BCUT2D eigenvalue weighted by Crippen LogP contribution is -2.23. The van der Waals surface area contributed by atoms with Crippen LogP contribution in [0.3, 0.4) is 0 Å². The van der Waals surface area contributed by atoms with Crippen molar-refractivity contribution in [1.29, 1.82) is 0 Å². The fraction of sp³-hybridized carbons (Fsp3) is 0.0588. The van der Waals surface area contributed by atoms with E-state index in [1.807, 2.05) is 6.07 Å². The molecule has 24 heavy (non-hydrogen) atoms. The third kappa shape index (κ3) is 3.18. The van der Waals surface area contributed by atoms with Gasteiger partial charge in [0.25, 0.3) is 11.5 Å². The molecule has 120 valence electrons. The van der Waals surface area contributed by atoms with Gasteiger partial charge in [-0.3, -0.25) is 9.59 Å². The summed E-state index contributed by atoms with van der Waals surface area (Å²) in [5.74, 6) is -0.510. The van der Waals surface area contributed by atoms with Crippen molar-refractivity contribution in [1.82, 2.24) is 15.6 Å². The van der Waals surface area contributed by atoms with Crippen LogP contribution in [0.15, 0.2) is 58.4 Å². The fourth-order valence-electron chi connectivity index (χ4n) is 2.25. The normalized spacial score (nSPS) is 11.5.